The molecule has 162 valence electrons. The van der Waals surface area contributed by atoms with Crippen molar-refractivity contribution in [2.24, 2.45) is 11.8 Å². The van der Waals surface area contributed by atoms with Crippen molar-refractivity contribution in [3.63, 3.8) is 0 Å². The SMILES string of the molecule is CCn1cnc2cc(NC(=O)[C@@H]3[C@H]4C=C[C@@]5(CN(C[C@H]6CCCO6)C(=O)[C@@H]35)O4)ccc21. The molecule has 1 aromatic carbocycles. The second kappa shape index (κ2) is 6.90. The van der Waals surface area contributed by atoms with E-state index in [0.29, 0.717) is 18.8 Å². The maximum absolute atomic E-state index is 13.3. The minimum Gasteiger partial charge on any atom is -0.376 e. The van der Waals surface area contributed by atoms with Crippen LogP contribution in [0.25, 0.3) is 11.0 Å². The molecule has 3 fully saturated rings. The van der Waals surface area contributed by atoms with Crippen LogP contribution in [-0.2, 0) is 25.6 Å². The summed E-state index contributed by atoms with van der Waals surface area (Å²) in [6.07, 6.45) is 7.46. The Labute approximate surface area is 180 Å². The first kappa shape index (κ1) is 19.0. The Balaban J connectivity index is 1.22. The minimum atomic E-state index is -0.688. The van der Waals surface area contributed by atoms with Crippen LogP contribution >= 0.6 is 0 Å². The molecule has 0 saturated carbocycles. The van der Waals surface area contributed by atoms with Gasteiger partial charge in [0, 0.05) is 25.4 Å². The van der Waals surface area contributed by atoms with Gasteiger partial charge in [-0.15, -0.1) is 0 Å². The van der Waals surface area contributed by atoms with Gasteiger partial charge in [-0.3, -0.25) is 9.59 Å². The van der Waals surface area contributed by atoms with E-state index in [2.05, 4.69) is 21.8 Å². The molecule has 8 nitrogen and oxygen atoms in total. The Morgan fingerprint density at radius 2 is 2.29 bits per heavy atom. The number of benzene rings is 1. The number of rotatable bonds is 5. The fourth-order valence-electron chi connectivity index (χ4n) is 5.69. The first-order valence-electron chi connectivity index (χ1n) is 11.1. The lowest BCUT2D eigenvalue weighted by molar-refractivity contribution is -0.136. The van der Waals surface area contributed by atoms with Crippen molar-refractivity contribution in [1.82, 2.24) is 14.5 Å². The van der Waals surface area contributed by atoms with Gasteiger partial charge in [-0.1, -0.05) is 12.2 Å². The van der Waals surface area contributed by atoms with Crippen molar-refractivity contribution in [2.45, 2.75) is 44.1 Å². The van der Waals surface area contributed by atoms with Crippen LogP contribution in [0.15, 0.2) is 36.7 Å². The van der Waals surface area contributed by atoms with Gasteiger partial charge in [-0.2, -0.15) is 0 Å². The number of nitrogens with one attached hydrogen (secondary N) is 1. The van der Waals surface area contributed by atoms with Gasteiger partial charge in [-0.05, 0) is 38.0 Å². The van der Waals surface area contributed by atoms with E-state index >= 15 is 0 Å². The minimum absolute atomic E-state index is 0.000332. The summed E-state index contributed by atoms with van der Waals surface area (Å²) in [5.74, 6) is -1.19. The molecule has 4 aliphatic rings. The lowest BCUT2D eigenvalue weighted by Gasteiger charge is -2.24. The highest BCUT2D eigenvalue weighted by atomic mass is 16.5. The van der Waals surface area contributed by atoms with Crippen LogP contribution < -0.4 is 5.32 Å². The highest BCUT2D eigenvalue weighted by Gasteiger charge is 2.66. The average molecular weight is 422 g/mol. The van der Waals surface area contributed by atoms with E-state index in [1.807, 2.05) is 35.3 Å². The Hall–Kier alpha value is -2.71. The lowest BCUT2D eigenvalue weighted by Crippen LogP contribution is -2.42. The largest absolute Gasteiger partial charge is 0.376 e. The Morgan fingerprint density at radius 1 is 1.39 bits per heavy atom. The first-order chi connectivity index (χ1) is 15.1. The van der Waals surface area contributed by atoms with Crippen molar-refractivity contribution in [3.8, 4) is 0 Å². The topological polar surface area (TPSA) is 85.7 Å². The van der Waals surface area contributed by atoms with Gasteiger partial charge in [0.2, 0.25) is 11.8 Å². The zero-order chi connectivity index (χ0) is 21.2. The summed E-state index contributed by atoms with van der Waals surface area (Å²) >= 11 is 0. The highest BCUT2D eigenvalue weighted by molar-refractivity contribution is 6.00. The van der Waals surface area contributed by atoms with E-state index in [9.17, 15) is 9.59 Å². The maximum atomic E-state index is 13.3. The molecule has 3 saturated heterocycles. The Morgan fingerprint density at radius 3 is 3.10 bits per heavy atom. The molecule has 2 bridgehead atoms. The number of anilines is 1. The van der Waals surface area contributed by atoms with E-state index in [1.165, 1.54) is 0 Å². The molecule has 2 amide bonds. The number of aryl methyl sites for hydroxylation is 1. The fraction of sp³-hybridized carbons (Fsp3) is 0.522. The van der Waals surface area contributed by atoms with E-state index < -0.39 is 17.4 Å². The van der Waals surface area contributed by atoms with Gasteiger partial charge in [0.1, 0.15) is 5.60 Å². The Bertz CT molecular complexity index is 1090. The third-order valence-electron chi connectivity index (χ3n) is 7.16. The number of likely N-dealkylation sites (tertiary alicyclic amines) is 1. The smallest absolute Gasteiger partial charge is 0.231 e. The molecule has 0 aliphatic carbocycles. The second-order valence-corrected chi connectivity index (χ2v) is 8.98. The van der Waals surface area contributed by atoms with Gasteiger partial charge in [0.15, 0.2) is 0 Å². The summed E-state index contributed by atoms with van der Waals surface area (Å²) in [6, 6.07) is 5.72. The van der Waals surface area contributed by atoms with Gasteiger partial charge in [0.25, 0.3) is 0 Å². The number of aromatic nitrogens is 2. The molecular weight excluding hydrogens is 396 g/mol. The summed E-state index contributed by atoms with van der Waals surface area (Å²) in [5, 5.41) is 3.01. The fourth-order valence-corrected chi connectivity index (χ4v) is 5.69. The summed E-state index contributed by atoms with van der Waals surface area (Å²) in [4.78, 5) is 32.8. The molecule has 2 aromatic rings. The van der Waals surface area contributed by atoms with Crippen LogP contribution in [0.3, 0.4) is 0 Å². The Kier molecular flexibility index (Phi) is 4.23. The van der Waals surface area contributed by atoms with Crippen molar-refractivity contribution in [2.75, 3.05) is 25.0 Å². The van der Waals surface area contributed by atoms with Crippen molar-refractivity contribution < 1.29 is 19.1 Å². The quantitative estimate of drug-likeness (QED) is 0.745. The summed E-state index contributed by atoms with van der Waals surface area (Å²) < 4.78 is 14.0. The number of imidazole rings is 1. The van der Waals surface area contributed by atoms with Gasteiger partial charge in [0.05, 0.1) is 47.9 Å². The summed E-state index contributed by atoms with van der Waals surface area (Å²) in [5.41, 5.74) is 1.86. The normalized spacial score (nSPS) is 33.6. The molecule has 4 aliphatic heterocycles. The molecule has 0 unspecified atom stereocenters. The molecule has 8 heteroatoms. The molecule has 1 spiro atoms. The summed E-state index contributed by atoms with van der Waals surface area (Å²) in [6.45, 7) is 4.73. The zero-order valence-corrected chi connectivity index (χ0v) is 17.5. The van der Waals surface area contributed by atoms with Gasteiger partial charge in [-0.25, -0.2) is 4.98 Å². The van der Waals surface area contributed by atoms with Crippen LogP contribution in [0.1, 0.15) is 19.8 Å². The molecule has 31 heavy (non-hydrogen) atoms. The van der Waals surface area contributed by atoms with Gasteiger partial charge >= 0.3 is 0 Å². The third kappa shape index (κ3) is 2.85. The number of carbonyl (C=O) groups excluding carboxylic acids is 2. The van der Waals surface area contributed by atoms with Crippen molar-refractivity contribution in [3.05, 3.63) is 36.7 Å². The van der Waals surface area contributed by atoms with Crippen LogP contribution in [0.5, 0.6) is 0 Å². The highest BCUT2D eigenvalue weighted by Crippen LogP contribution is 2.52. The van der Waals surface area contributed by atoms with Crippen molar-refractivity contribution in [1.29, 1.82) is 0 Å². The van der Waals surface area contributed by atoms with E-state index in [4.69, 9.17) is 9.47 Å². The van der Waals surface area contributed by atoms with E-state index in [0.717, 1.165) is 37.0 Å². The van der Waals surface area contributed by atoms with Crippen LogP contribution in [-0.4, -0.2) is 63.8 Å². The van der Waals surface area contributed by atoms with Gasteiger partial charge < -0.3 is 24.3 Å². The number of fused-ring (bicyclic) bond motifs is 2. The molecule has 5 atom stereocenters. The number of carbonyl (C=O) groups is 2. The molecule has 1 N–H and O–H groups in total. The molecule has 6 rings (SSSR count). The number of ether oxygens (including phenoxy) is 2. The molecular formula is C23H26N4O4. The zero-order valence-electron chi connectivity index (χ0n) is 17.5. The van der Waals surface area contributed by atoms with E-state index in [1.54, 1.807) is 6.33 Å². The van der Waals surface area contributed by atoms with Crippen LogP contribution in [0.4, 0.5) is 5.69 Å². The standard InChI is InChI=1S/C23H26N4O4/c1-2-26-13-24-16-10-14(5-6-17(16)26)25-21(28)19-18-7-8-23(31-18)12-27(22(29)20(19)23)11-15-4-3-9-30-15/h5-8,10,13,15,18-20H,2-4,9,11-12H2,1H3,(H,25,28)/t15-,18-,19-,20-,23+/m1/s1. The number of nitrogens with zero attached hydrogens (tertiary/aromatic N) is 3. The predicted octanol–water partition coefficient (Wildman–Crippen LogP) is 1.96. The molecule has 5 heterocycles. The summed E-state index contributed by atoms with van der Waals surface area (Å²) in [7, 11) is 0. The molecule has 0 radical (unpaired) electrons. The third-order valence-corrected chi connectivity index (χ3v) is 7.16. The second-order valence-electron chi connectivity index (χ2n) is 8.98. The number of hydrogen-bond acceptors (Lipinski definition) is 5. The predicted molar refractivity (Wildman–Crippen MR) is 113 cm³/mol. The first-order valence-corrected chi connectivity index (χ1v) is 11.1. The lowest BCUT2D eigenvalue weighted by atomic mass is 9.77. The van der Waals surface area contributed by atoms with Crippen LogP contribution in [0.2, 0.25) is 0 Å². The number of hydrogen-bond donors (Lipinski definition) is 1. The average Bonchev–Trinajstić information content (AvgIpc) is 3.56. The monoisotopic (exact) mass is 422 g/mol. The van der Waals surface area contributed by atoms with Crippen molar-refractivity contribution >= 4 is 28.5 Å². The van der Waals surface area contributed by atoms with Crippen LogP contribution in [0, 0.1) is 11.8 Å². The maximum Gasteiger partial charge on any atom is 0.231 e. The number of amides is 2. The van der Waals surface area contributed by atoms with E-state index in [-0.39, 0.29) is 24.0 Å². The molecule has 1 aromatic heterocycles.